The van der Waals surface area contributed by atoms with Crippen LogP contribution in [0.15, 0.2) is 4.99 Å². The number of nitrogens with zero attached hydrogens (tertiary/aromatic N) is 2. The van der Waals surface area contributed by atoms with Crippen LogP contribution in [0.5, 0.6) is 0 Å². The van der Waals surface area contributed by atoms with Gasteiger partial charge in [-0.05, 0) is 38.5 Å². The summed E-state index contributed by atoms with van der Waals surface area (Å²) in [7, 11) is 1.43. The van der Waals surface area contributed by atoms with Crippen molar-refractivity contribution in [2.75, 3.05) is 33.3 Å². The number of guanidine groups is 1. The fourth-order valence-corrected chi connectivity index (χ4v) is 2.48. The normalized spacial score (nSPS) is 18.9. The monoisotopic (exact) mass is 411 g/mol. The Kier molecular flexibility index (Phi) is 11.8. The Morgan fingerprint density at radius 3 is 2.81 bits per heavy atom. The first-order valence-electron chi connectivity index (χ1n) is 7.77. The number of unbranched alkanes of at least 4 members (excludes halogenated alkanes) is 1. The van der Waals surface area contributed by atoms with E-state index in [9.17, 15) is 4.79 Å². The lowest BCUT2D eigenvalue weighted by molar-refractivity contribution is -0.140. The van der Waals surface area contributed by atoms with Gasteiger partial charge in [0.1, 0.15) is 0 Å². The summed E-state index contributed by atoms with van der Waals surface area (Å²) in [6.07, 6.45) is 4.81. The van der Waals surface area contributed by atoms with Crippen LogP contribution in [0.4, 0.5) is 0 Å². The third-order valence-corrected chi connectivity index (χ3v) is 3.57. The molecular formula is C15H30IN3O2. The predicted molar refractivity (Wildman–Crippen MR) is 97.2 cm³/mol. The number of hydrogen-bond acceptors (Lipinski definition) is 3. The van der Waals surface area contributed by atoms with Crippen molar-refractivity contribution >= 4 is 35.9 Å². The molecule has 1 atom stereocenters. The third kappa shape index (κ3) is 8.48. The van der Waals surface area contributed by atoms with Gasteiger partial charge in [-0.15, -0.1) is 24.0 Å². The van der Waals surface area contributed by atoms with E-state index in [0.717, 1.165) is 50.9 Å². The Morgan fingerprint density at radius 2 is 2.19 bits per heavy atom. The molecule has 1 N–H and O–H groups in total. The minimum absolute atomic E-state index is 0. The van der Waals surface area contributed by atoms with Crippen LogP contribution in [0.3, 0.4) is 0 Å². The number of nitrogens with one attached hydrogen (secondary N) is 1. The molecule has 0 amide bonds. The van der Waals surface area contributed by atoms with Crippen LogP contribution in [0, 0.1) is 5.92 Å². The standard InChI is InChI=1S/C15H29N3O2.HI/c1-4-16-15(18-11-7-8-13(2)12-18)17-10-6-5-9-14(19)20-3;/h13H,4-12H2,1-3H3,(H,16,17);1H. The highest BCUT2D eigenvalue weighted by molar-refractivity contribution is 14.0. The van der Waals surface area contributed by atoms with Gasteiger partial charge in [0.05, 0.1) is 7.11 Å². The molecule has 1 fully saturated rings. The molecule has 0 spiro atoms. The van der Waals surface area contributed by atoms with E-state index in [1.807, 2.05) is 0 Å². The summed E-state index contributed by atoms with van der Waals surface area (Å²) in [5.74, 6) is 1.63. The van der Waals surface area contributed by atoms with Gasteiger partial charge < -0.3 is 15.0 Å². The van der Waals surface area contributed by atoms with Crippen molar-refractivity contribution in [2.24, 2.45) is 10.9 Å². The maximum atomic E-state index is 11.0. The Balaban J connectivity index is 0.00000400. The average molecular weight is 411 g/mol. The molecule has 21 heavy (non-hydrogen) atoms. The minimum atomic E-state index is -0.134. The van der Waals surface area contributed by atoms with Crippen LogP contribution in [0.2, 0.25) is 0 Å². The van der Waals surface area contributed by atoms with E-state index in [-0.39, 0.29) is 29.9 Å². The van der Waals surface area contributed by atoms with Crippen LogP contribution in [0.25, 0.3) is 0 Å². The number of aliphatic imine (C=N–C) groups is 1. The number of ether oxygens (including phenoxy) is 1. The summed E-state index contributed by atoms with van der Waals surface area (Å²) in [6.45, 7) is 8.24. The van der Waals surface area contributed by atoms with E-state index in [4.69, 9.17) is 0 Å². The number of piperidine rings is 1. The van der Waals surface area contributed by atoms with Gasteiger partial charge in [0.2, 0.25) is 0 Å². The van der Waals surface area contributed by atoms with Crippen molar-refractivity contribution in [3.05, 3.63) is 0 Å². The smallest absolute Gasteiger partial charge is 0.305 e. The topological polar surface area (TPSA) is 53.9 Å². The van der Waals surface area contributed by atoms with Gasteiger partial charge in [-0.25, -0.2) is 0 Å². The van der Waals surface area contributed by atoms with Gasteiger partial charge in [-0.1, -0.05) is 6.92 Å². The van der Waals surface area contributed by atoms with Gasteiger partial charge in [0.25, 0.3) is 0 Å². The first-order valence-corrected chi connectivity index (χ1v) is 7.77. The van der Waals surface area contributed by atoms with Gasteiger partial charge in [0, 0.05) is 32.6 Å². The third-order valence-electron chi connectivity index (χ3n) is 3.57. The molecule has 5 nitrogen and oxygen atoms in total. The highest BCUT2D eigenvalue weighted by Crippen LogP contribution is 2.15. The van der Waals surface area contributed by atoms with Crippen molar-refractivity contribution in [3.8, 4) is 0 Å². The summed E-state index contributed by atoms with van der Waals surface area (Å²) in [5, 5.41) is 3.37. The molecule has 6 heteroatoms. The highest BCUT2D eigenvalue weighted by Gasteiger charge is 2.18. The number of hydrogen-bond donors (Lipinski definition) is 1. The number of carbonyl (C=O) groups excluding carboxylic acids is 1. The summed E-state index contributed by atoms with van der Waals surface area (Å²) in [6, 6.07) is 0. The SMILES string of the molecule is CCNC(=NCCCCC(=O)OC)N1CCCC(C)C1.I. The molecule has 1 aliphatic heterocycles. The Labute approximate surface area is 145 Å². The Hall–Kier alpha value is -0.530. The Morgan fingerprint density at radius 1 is 1.43 bits per heavy atom. The fourth-order valence-electron chi connectivity index (χ4n) is 2.48. The molecule has 0 aromatic rings. The van der Waals surface area contributed by atoms with Crippen LogP contribution in [-0.2, 0) is 9.53 Å². The molecule has 1 unspecified atom stereocenters. The van der Waals surface area contributed by atoms with Crippen LogP contribution in [-0.4, -0.2) is 50.1 Å². The average Bonchev–Trinajstić information content (AvgIpc) is 2.45. The second-order valence-corrected chi connectivity index (χ2v) is 5.46. The number of halogens is 1. The van der Waals surface area contributed by atoms with E-state index in [0.29, 0.717) is 6.42 Å². The lowest BCUT2D eigenvalue weighted by Crippen LogP contribution is -2.46. The zero-order valence-electron chi connectivity index (χ0n) is 13.6. The van der Waals surface area contributed by atoms with Crippen LogP contribution < -0.4 is 5.32 Å². The molecule has 1 aliphatic rings. The summed E-state index contributed by atoms with van der Waals surface area (Å²) in [4.78, 5) is 18.0. The first-order chi connectivity index (χ1) is 9.67. The molecule has 0 aromatic carbocycles. The van der Waals surface area contributed by atoms with Crippen molar-refractivity contribution in [1.82, 2.24) is 10.2 Å². The molecule has 0 radical (unpaired) electrons. The molecule has 1 saturated heterocycles. The molecule has 0 bridgehead atoms. The van der Waals surface area contributed by atoms with Crippen molar-refractivity contribution in [1.29, 1.82) is 0 Å². The predicted octanol–water partition coefficient (Wildman–Crippen LogP) is 2.65. The second-order valence-electron chi connectivity index (χ2n) is 5.46. The summed E-state index contributed by atoms with van der Waals surface area (Å²) < 4.78 is 4.63. The van der Waals surface area contributed by atoms with E-state index < -0.39 is 0 Å². The quantitative estimate of drug-likeness (QED) is 0.240. The second kappa shape index (κ2) is 12.1. The Bertz CT molecular complexity index is 324. The largest absolute Gasteiger partial charge is 0.469 e. The first kappa shape index (κ1) is 20.5. The minimum Gasteiger partial charge on any atom is -0.469 e. The van der Waals surface area contributed by atoms with E-state index in [2.05, 4.69) is 33.8 Å². The molecule has 124 valence electrons. The van der Waals surface area contributed by atoms with Crippen LogP contribution in [0.1, 0.15) is 46.0 Å². The number of methoxy groups -OCH3 is 1. The van der Waals surface area contributed by atoms with E-state index in [1.54, 1.807) is 0 Å². The number of rotatable bonds is 6. The maximum Gasteiger partial charge on any atom is 0.305 e. The fraction of sp³-hybridized carbons (Fsp3) is 0.867. The molecule has 0 aliphatic carbocycles. The zero-order chi connectivity index (χ0) is 14.8. The number of esters is 1. The van der Waals surface area contributed by atoms with E-state index >= 15 is 0 Å². The lowest BCUT2D eigenvalue weighted by Gasteiger charge is -2.33. The van der Waals surface area contributed by atoms with Gasteiger partial charge in [-0.3, -0.25) is 9.79 Å². The maximum absolute atomic E-state index is 11.0. The van der Waals surface area contributed by atoms with Gasteiger partial charge >= 0.3 is 5.97 Å². The molecular weight excluding hydrogens is 381 g/mol. The van der Waals surface area contributed by atoms with E-state index in [1.165, 1.54) is 20.0 Å². The molecule has 1 rings (SSSR count). The van der Waals surface area contributed by atoms with Gasteiger partial charge in [-0.2, -0.15) is 0 Å². The highest BCUT2D eigenvalue weighted by atomic mass is 127. The summed E-state index contributed by atoms with van der Waals surface area (Å²) >= 11 is 0. The van der Waals surface area contributed by atoms with Crippen molar-refractivity contribution in [3.63, 3.8) is 0 Å². The van der Waals surface area contributed by atoms with Crippen LogP contribution >= 0.6 is 24.0 Å². The molecule has 0 aromatic heterocycles. The van der Waals surface area contributed by atoms with Crippen molar-refractivity contribution < 1.29 is 9.53 Å². The molecule has 0 saturated carbocycles. The zero-order valence-corrected chi connectivity index (χ0v) is 15.9. The lowest BCUT2D eigenvalue weighted by atomic mass is 10.0. The number of carbonyl (C=O) groups is 1. The summed E-state index contributed by atoms with van der Waals surface area (Å²) in [5.41, 5.74) is 0. The molecule has 1 heterocycles. The van der Waals surface area contributed by atoms with Crippen molar-refractivity contribution in [2.45, 2.75) is 46.0 Å². The number of likely N-dealkylation sites (tertiary alicyclic amines) is 1. The van der Waals surface area contributed by atoms with Gasteiger partial charge in [0.15, 0.2) is 5.96 Å².